The second-order valence-electron chi connectivity index (χ2n) is 4.09. The first-order valence-corrected chi connectivity index (χ1v) is 6.26. The van der Waals surface area contributed by atoms with E-state index in [1.165, 1.54) is 0 Å². The van der Waals surface area contributed by atoms with Crippen molar-refractivity contribution in [1.29, 1.82) is 0 Å². The topological polar surface area (TPSA) is 35.2 Å². The molecule has 2 aromatic rings. The Labute approximate surface area is 124 Å². The maximum Gasteiger partial charge on any atom is 0.416 e. The van der Waals surface area contributed by atoms with Gasteiger partial charge in [-0.2, -0.15) is 17.6 Å². The van der Waals surface area contributed by atoms with Crippen molar-refractivity contribution in [3.05, 3.63) is 52.0 Å². The number of nitrogens with two attached hydrogens (primary N) is 1. The van der Waals surface area contributed by atoms with Crippen LogP contribution in [-0.4, -0.2) is 0 Å². The molecule has 0 aliphatic heterocycles. The number of rotatable bonds is 2. The van der Waals surface area contributed by atoms with Crippen LogP contribution in [0.15, 0.2) is 34.8 Å². The van der Waals surface area contributed by atoms with E-state index in [4.69, 9.17) is 10.5 Å². The van der Waals surface area contributed by atoms with E-state index in [0.29, 0.717) is 12.1 Å². The number of alkyl halides is 3. The number of benzene rings is 2. The van der Waals surface area contributed by atoms with Crippen LogP contribution < -0.4 is 10.5 Å². The average Bonchev–Trinajstić information content (AvgIpc) is 2.33. The fourth-order valence-corrected chi connectivity index (χ4v) is 1.99. The molecule has 0 aliphatic carbocycles. The van der Waals surface area contributed by atoms with Gasteiger partial charge in [-0.25, -0.2) is 4.39 Å². The van der Waals surface area contributed by atoms with Crippen LogP contribution in [0.5, 0.6) is 11.5 Å². The second kappa shape index (κ2) is 5.51. The highest BCUT2D eigenvalue weighted by molar-refractivity contribution is 9.10. The van der Waals surface area contributed by atoms with Crippen molar-refractivity contribution in [2.45, 2.75) is 6.18 Å². The molecule has 0 bridgehead atoms. The van der Waals surface area contributed by atoms with E-state index in [1.807, 2.05) is 0 Å². The predicted octanol–water partition coefficient (Wildman–Crippen LogP) is 5.12. The number of anilines is 1. The van der Waals surface area contributed by atoms with Crippen LogP contribution in [0, 0.1) is 11.6 Å². The van der Waals surface area contributed by atoms with Crippen LogP contribution in [-0.2, 0) is 6.18 Å². The molecule has 112 valence electrons. The third-order valence-corrected chi connectivity index (χ3v) is 2.90. The van der Waals surface area contributed by atoms with E-state index in [9.17, 15) is 22.0 Å². The quantitative estimate of drug-likeness (QED) is 0.454. The van der Waals surface area contributed by atoms with Gasteiger partial charge in [0.05, 0.1) is 5.56 Å². The molecule has 0 radical (unpaired) electrons. The van der Waals surface area contributed by atoms with Gasteiger partial charge in [-0.15, -0.1) is 0 Å². The Kier molecular flexibility index (Phi) is 4.08. The molecule has 2 rings (SSSR count). The summed E-state index contributed by atoms with van der Waals surface area (Å²) in [6, 6.07) is 4.39. The lowest BCUT2D eigenvalue weighted by Crippen LogP contribution is -2.06. The van der Waals surface area contributed by atoms with Crippen molar-refractivity contribution in [3.63, 3.8) is 0 Å². The van der Waals surface area contributed by atoms with Gasteiger partial charge >= 0.3 is 6.18 Å². The minimum atomic E-state index is -4.63. The summed E-state index contributed by atoms with van der Waals surface area (Å²) < 4.78 is 69.8. The maximum absolute atomic E-state index is 13.5. The van der Waals surface area contributed by atoms with Crippen LogP contribution in [0.25, 0.3) is 0 Å². The SMILES string of the molecule is Nc1cc(Oc2cc(Br)cc(F)c2F)cc(C(F)(F)F)c1. The van der Waals surface area contributed by atoms with Crippen LogP contribution in [0.2, 0.25) is 0 Å². The lowest BCUT2D eigenvalue weighted by Gasteiger charge is -2.12. The van der Waals surface area contributed by atoms with E-state index in [2.05, 4.69) is 15.9 Å². The third kappa shape index (κ3) is 3.63. The standard InChI is InChI=1S/C13H7BrF5NO/c14-7-3-10(15)12(16)11(4-7)21-9-2-6(13(17,18)19)1-8(20)5-9/h1-5H,20H2. The fourth-order valence-electron chi connectivity index (χ4n) is 1.58. The number of halogens is 6. The van der Waals surface area contributed by atoms with Crippen molar-refractivity contribution < 1.29 is 26.7 Å². The van der Waals surface area contributed by atoms with Gasteiger partial charge in [0.2, 0.25) is 5.82 Å². The molecule has 8 heteroatoms. The molecule has 2 N–H and O–H groups in total. The number of hydrogen-bond acceptors (Lipinski definition) is 2. The Balaban J connectivity index is 2.43. The molecule has 0 fully saturated rings. The van der Waals surface area contributed by atoms with Gasteiger partial charge < -0.3 is 10.5 Å². The lowest BCUT2D eigenvalue weighted by molar-refractivity contribution is -0.137. The second-order valence-corrected chi connectivity index (χ2v) is 5.01. The summed E-state index contributed by atoms with van der Waals surface area (Å²) >= 11 is 2.93. The van der Waals surface area contributed by atoms with Gasteiger partial charge in [0.1, 0.15) is 5.75 Å². The first-order chi connectivity index (χ1) is 9.66. The molecule has 0 unspecified atom stereocenters. The molecule has 0 heterocycles. The van der Waals surface area contributed by atoms with Gasteiger partial charge in [-0.05, 0) is 24.3 Å². The smallest absolute Gasteiger partial charge is 0.416 e. The molecule has 2 aromatic carbocycles. The maximum atomic E-state index is 13.5. The molecule has 0 amide bonds. The molecule has 0 saturated heterocycles. The Morgan fingerprint density at radius 2 is 1.67 bits per heavy atom. The summed E-state index contributed by atoms with van der Waals surface area (Å²) in [6.45, 7) is 0. The van der Waals surface area contributed by atoms with E-state index < -0.39 is 29.1 Å². The Bertz CT molecular complexity index is 687. The highest BCUT2D eigenvalue weighted by atomic mass is 79.9. The summed E-state index contributed by atoms with van der Waals surface area (Å²) in [6.07, 6.45) is -4.63. The minimum Gasteiger partial charge on any atom is -0.454 e. The van der Waals surface area contributed by atoms with Gasteiger partial charge in [-0.1, -0.05) is 15.9 Å². The number of nitrogen functional groups attached to an aromatic ring is 1. The van der Waals surface area contributed by atoms with E-state index in [1.54, 1.807) is 0 Å². The van der Waals surface area contributed by atoms with E-state index >= 15 is 0 Å². The normalized spacial score (nSPS) is 11.5. The zero-order chi connectivity index (χ0) is 15.8. The number of ether oxygens (including phenoxy) is 1. The Morgan fingerprint density at radius 1 is 1.00 bits per heavy atom. The van der Waals surface area contributed by atoms with Crippen molar-refractivity contribution >= 4 is 21.6 Å². The van der Waals surface area contributed by atoms with Gasteiger partial charge in [0, 0.05) is 16.2 Å². The molecule has 0 aliphatic rings. The van der Waals surface area contributed by atoms with Gasteiger partial charge in [0.15, 0.2) is 11.6 Å². The summed E-state index contributed by atoms with van der Waals surface area (Å²) in [5.74, 6) is -3.41. The molecule has 0 atom stereocenters. The molecule has 21 heavy (non-hydrogen) atoms. The van der Waals surface area contributed by atoms with Crippen LogP contribution in [0.1, 0.15) is 5.56 Å². The van der Waals surface area contributed by atoms with Crippen molar-refractivity contribution in [2.24, 2.45) is 0 Å². The molecule has 0 saturated carbocycles. The largest absolute Gasteiger partial charge is 0.454 e. The fraction of sp³-hybridized carbons (Fsp3) is 0.0769. The van der Waals surface area contributed by atoms with Crippen molar-refractivity contribution in [1.82, 2.24) is 0 Å². The highest BCUT2D eigenvalue weighted by Gasteiger charge is 2.31. The van der Waals surface area contributed by atoms with E-state index in [-0.39, 0.29) is 15.9 Å². The van der Waals surface area contributed by atoms with Gasteiger partial charge in [-0.3, -0.25) is 0 Å². The predicted molar refractivity (Wildman–Crippen MR) is 70.0 cm³/mol. The highest BCUT2D eigenvalue weighted by Crippen LogP contribution is 2.36. The zero-order valence-corrected chi connectivity index (χ0v) is 11.7. The minimum absolute atomic E-state index is 0.177. The number of hydrogen-bond donors (Lipinski definition) is 1. The monoisotopic (exact) mass is 367 g/mol. The van der Waals surface area contributed by atoms with Crippen LogP contribution in [0.3, 0.4) is 0 Å². The first kappa shape index (κ1) is 15.6. The molecule has 0 spiro atoms. The molecule has 2 nitrogen and oxygen atoms in total. The summed E-state index contributed by atoms with van der Waals surface area (Å²) in [7, 11) is 0. The molecular weight excluding hydrogens is 361 g/mol. The average molecular weight is 368 g/mol. The molecular formula is C13H7BrF5NO. The van der Waals surface area contributed by atoms with Crippen LogP contribution in [0.4, 0.5) is 27.6 Å². The lowest BCUT2D eigenvalue weighted by atomic mass is 10.2. The summed E-state index contributed by atoms with van der Waals surface area (Å²) in [4.78, 5) is 0. The zero-order valence-electron chi connectivity index (χ0n) is 10.1. The van der Waals surface area contributed by atoms with Crippen molar-refractivity contribution in [3.8, 4) is 11.5 Å². The summed E-state index contributed by atoms with van der Waals surface area (Å²) in [5, 5.41) is 0. The Hall–Kier alpha value is -1.83. The Morgan fingerprint density at radius 3 is 2.29 bits per heavy atom. The third-order valence-electron chi connectivity index (χ3n) is 2.44. The summed E-state index contributed by atoms with van der Waals surface area (Å²) in [5.41, 5.74) is 4.09. The van der Waals surface area contributed by atoms with Crippen LogP contribution >= 0.6 is 15.9 Å². The molecule has 0 aromatic heterocycles. The van der Waals surface area contributed by atoms with Gasteiger partial charge in [0.25, 0.3) is 0 Å². The first-order valence-electron chi connectivity index (χ1n) is 5.47. The van der Waals surface area contributed by atoms with E-state index in [0.717, 1.165) is 18.2 Å². The van der Waals surface area contributed by atoms with Crippen molar-refractivity contribution in [2.75, 3.05) is 5.73 Å².